The number of thiazole rings is 1. The van der Waals surface area contributed by atoms with Crippen LogP contribution >= 0.6 is 11.3 Å². The van der Waals surface area contributed by atoms with Crippen molar-refractivity contribution in [1.29, 1.82) is 0 Å². The van der Waals surface area contributed by atoms with Crippen molar-refractivity contribution in [2.24, 2.45) is 0 Å². The highest BCUT2D eigenvalue weighted by molar-refractivity contribution is 7.93. The van der Waals surface area contributed by atoms with Crippen LogP contribution in [0.1, 0.15) is 19.4 Å². The van der Waals surface area contributed by atoms with Crippen LogP contribution < -0.4 is 4.72 Å². The zero-order valence-corrected chi connectivity index (χ0v) is 11.5. The third-order valence-corrected chi connectivity index (χ3v) is 5.18. The molecule has 1 aromatic heterocycles. The first kappa shape index (κ1) is 12.3. The third-order valence-electron chi connectivity index (χ3n) is 2.39. The second-order valence-corrected chi connectivity index (χ2v) is 7.45. The van der Waals surface area contributed by atoms with Gasteiger partial charge in [-0.2, -0.15) is 0 Å². The van der Waals surface area contributed by atoms with Crippen LogP contribution in [0.15, 0.2) is 18.2 Å². The van der Waals surface area contributed by atoms with Crippen molar-refractivity contribution in [1.82, 2.24) is 4.98 Å². The number of nitrogens with zero attached hydrogens (tertiary/aromatic N) is 1. The standard InChI is InChI=1S/C11H14N2O2S2/c1-7(2)17(14,15)13-11-12-9-5-4-8(3)6-10(9)16-11/h4-7H,1-3H3,(H,12,13). The average Bonchev–Trinajstić information content (AvgIpc) is 2.57. The topological polar surface area (TPSA) is 59.1 Å². The number of hydrogen-bond donors (Lipinski definition) is 1. The van der Waals surface area contributed by atoms with Gasteiger partial charge in [0.05, 0.1) is 15.5 Å². The van der Waals surface area contributed by atoms with Crippen molar-refractivity contribution in [2.45, 2.75) is 26.0 Å². The van der Waals surface area contributed by atoms with Crippen LogP contribution in [0, 0.1) is 6.92 Å². The molecule has 0 saturated carbocycles. The van der Waals surface area contributed by atoms with Crippen LogP contribution in [0.4, 0.5) is 5.13 Å². The Morgan fingerprint density at radius 2 is 2.06 bits per heavy atom. The monoisotopic (exact) mass is 270 g/mol. The number of anilines is 1. The van der Waals surface area contributed by atoms with Crippen LogP contribution in [-0.4, -0.2) is 18.7 Å². The van der Waals surface area contributed by atoms with E-state index in [1.165, 1.54) is 11.3 Å². The van der Waals surface area contributed by atoms with Crippen molar-refractivity contribution >= 4 is 36.7 Å². The Balaban J connectivity index is 2.38. The molecule has 4 nitrogen and oxygen atoms in total. The van der Waals surface area contributed by atoms with Crippen molar-refractivity contribution in [3.05, 3.63) is 23.8 Å². The lowest BCUT2D eigenvalue weighted by Gasteiger charge is -2.06. The van der Waals surface area contributed by atoms with E-state index in [-0.39, 0.29) is 0 Å². The van der Waals surface area contributed by atoms with Crippen LogP contribution in [-0.2, 0) is 10.0 Å². The second-order valence-electron chi connectivity index (χ2n) is 4.19. The summed E-state index contributed by atoms with van der Waals surface area (Å²) in [5, 5.41) is -0.0319. The summed E-state index contributed by atoms with van der Waals surface area (Å²) >= 11 is 1.35. The molecule has 0 unspecified atom stereocenters. The summed E-state index contributed by atoms with van der Waals surface area (Å²) in [6, 6.07) is 5.86. The van der Waals surface area contributed by atoms with Crippen LogP contribution in [0.25, 0.3) is 10.2 Å². The van der Waals surface area contributed by atoms with E-state index >= 15 is 0 Å². The molecule has 0 amide bonds. The summed E-state index contributed by atoms with van der Waals surface area (Å²) in [5.74, 6) is 0. The van der Waals surface area contributed by atoms with Crippen molar-refractivity contribution in [3.8, 4) is 0 Å². The molecule has 0 aliphatic heterocycles. The van der Waals surface area contributed by atoms with Crippen molar-refractivity contribution in [2.75, 3.05) is 4.72 Å². The summed E-state index contributed by atoms with van der Waals surface area (Å²) in [6.45, 7) is 5.27. The summed E-state index contributed by atoms with van der Waals surface area (Å²) in [5.41, 5.74) is 1.96. The van der Waals surface area contributed by atoms with Gasteiger partial charge in [-0.15, -0.1) is 0 Å². The Labute approximate surface area is 105 Å². The van der Waals surface area contributed by atoms with Gasteiger partial charge < -0.3 is 0 Å². The zero-order valence-electron chi connectivity index (χ0n) is 9.89. The highest BCUT2D eigenvalue weighted by Gasteiger charge is 2.17. The Morgan fingerprint density at radius 1 is 1.35 bits per heavy atom. The first-order valence-corrected chi connectivity index (χ1v) is 7.63. The number of aromatic nitrogens is 1. The van der Waals surface area contributed by atoms with Gasteiger partial charge >= 0.3 is 0 Å². The van der Waals surface area contributed by atoms with E-state index in [2.05, 4.69) is 9.71 Å². The molecule has 1 aromatic carbocycles. The quantitative estimate of drug-likeness (QED) is 0.933. The molecule has 1 heterocycles. The molecule has 1 N–H and O–H groups in total. The van der Waals surface area contributed by atoms with Gasteiger partial charge in [0.2, 0.25) is 10.0 Å². The minimum Gasteiger partial charge on any atom is -0.258 e. The number of sulfonamides is 1. The van der Waals surface area contributed by atoms with Crippen LogP contribution in [0.3, 0.4) is 0 Å². The fraction of sp³-hybridized carbons (Fsp3) is 0.364. The van der Waals surface area contributed by atoms with Crippen molar-refractivity contribution < 1.29 is 8.42 Å². The van der Waals surface area contributed by atoms with E-state index in [1.54, 1.807) is 13.8 Å². The van der Waals surface area contributed by atoms with E-state index in [1.807, 2.05) is 25.1 Å². The van der Waals surface area contributed by atoms with E-state index in [9.17, 15) is 8.42 Å². The van der Waals surface area contributed by atoms with Gasteiger partial charge in [-0.05, 0) is 38.5 Å². The third kappa shape index (κ3) is 2.58. The van der Waals surface area contributed by atoms with Gasteiger partial charge in [0.15, 0.2) is 5.13 Å². The molecular formula is C11H14N2O2S2. The molecule has 0 radical (unpaired) electrons. The number of fused-ring (bicyclic) bond motifs is 1. The zero-order chi connectivity index (χ0) is 12.6. The summed E-state index contributed by atoms with van der Waals surface area (Å²) in [6.07, 6.45) is 0. The lowest BCUT2D eigenvalue weighted by Crippen LogP contribution is -2.22. The fourth-order valence-electron chi connectivity index (χ4n) is 1.32. The number of rotatable bonds is 3. The largest absolute Gasteiger partial charge is 0.258 e. The van der Waals surface area contributed by atoms with E-state index in [0.717, 1.165) is 15.8 Å². The van der Waals surface area contributed by atoms with Gasteiger partial charge in [0, 0.05) is 0 Å². The Kier molecular flexibility index (Phi) is 3.09. The molecule has 2 rings (SSSR count). The predicted octanol–water partition coefficient (Wildman–Crippen LogP) is 2.75. The molecule has 0 saturated heterocycles. The average molecular weight is 270 g/mol. The van der Waals surface area contributed by atoms with Gasteiger partial charge in [0.25, 0.3) is 0 Å². The Morgan fingerprint density at radius 3 is 2.71 bits per heavy atom. The molecule has 0 aliphatic carbocycles. The summed E-state index contributed by atoms with van der Waals surface area (Å²) in [4.78, 5) is 4.25. The predicted molar refractivity (Wildman–Crippen MR) is 72.0 cm³/mol. The van der Waals surface area contributed by atoms with Crippen LogP contribution in [0.5, 0.6) is 0 Å². The molecule has 0 aliphatic rings. The molecule has 17 heavy (non-hydrogen) atoms. The minimum atomic E-state index is -3.31. The number of aryl methyl sites for hydroxylation is 1. The molecular weight excluding hydrogens is 256 g/mol. The second kappa shape index (κ2) is 4.27. The molecule has 6 heteroatoms. The lowest BCUT2D eigenvalue weighted by molar-refractivity contribution is 0.593. The minimum absolute atomic E-state index is 0.430. The fourth-order valence-corrected chi connectivity index (χ4v) is 3.17. The van der Waals surface area contributed by atoms with Gasteiger partial charge in [-0.3, -0.25) is 4.72 Å². The highest BCUT2D eigenvalue weighted by atomic mass is 32.2. The van der Waals surface area contributed by atoms with Gasteiger partial charge in [-0.25, -0.2) is 13.4 Å². The summed E-state index contributed by atoms with van der Waals surface area (Å²) in [7, 11) is -3.31. The molecule has 92 valence electrons. The van der Waals surface area contributed by atoms with E-state index in [4.69, 9.17) is 0 Å². The van der Waals surface area contributed by atoms with E-state index < -0.39 is 15.3 Å². The SMILES string of the molecule is Cc1ccc2nc(NS(=O)(=O)C(C)C)sc2c1. The molecule has 0 bridgehead atoms. The normalized spacial score (nSPS) is 12.2. The van der Waals surface area contributed by atoms with Crippen LogP contribution in [0.2, 0.25) is 0 Å². The molecule has 0 atom stereocenters. The lowest BCUT2D eigenvalue weighted by atomic mass is 10.2. The first-order valence-electron chi connectivity index (χ1n) is 5.27. The maximum atomic E-state index is 11.7. The highest BCUT2D eigenvalue weighted by Crippen LogP contribution is 2.27. The van der Waals surface area contributed by atoms with Crippen molar-refractivity contribution in [3.63, 3.8) is 0 Å². The molecule has 0 spiro atoms. The molecule has 2 aromatic rings. The number of nitrogens with one attached hydrogen (secondary N) is 1. The molecule has 0 fully saturated rings. The van der Waals surface area contributed by atoms with Gasteiger partial charge in [0.1, 0.15) is 0 Å². The number of benzene rings is 1. The first-order chi connectivity index (χ1) is 7.88. The maximum absolute atomic E-state index is 11.7. The number of hydrogen-bond acceptors (Lipinski definition) is 4. The summed E-state index contributed by atoms with van der Waals surface area (Å²) < 4.78 is 26.9. The smallest absolute Gasteiger partial charge is 0.236 e. The maximum Gasteiger partial charge on any atom is 0.236 e. The Bertz CT molecular complexity index is 645. The van der Waals surface area contributed by atoms with Gasteiger partial charge in [-0.1, -0.05) is 17.4 Å². The van der Waals surface area contributed by atoms with E-state index in [0.29, 0.717) is 5.13 Å². The Hall–Kier alpha value is -1.14.